The van der Waals surface area contributed by atoms with Crippen molar-refractivity contribution in [1.82, 2.24) is 10.2 Å². The minimum Gasteiger partial charge on any atom is -0.378 e. The van der Waals surface area contributed by atoms with Crippen molar-refractivity contribution in [2.24, 2.45) is 0 Å². The highest BCUT2D eigenvalue weighted by Gasteiger charge is 2.27. The first-order valence-electron chi connectivity index (χ1n) is 10.6. The number of amides is 1. The zero-order chi connectivity index (χ0) is 20.2. The van der Waals surface area contributed by atoms with Crippen LogP contribution < -0.4 is 5.32 Å². The lowest BCUT2D eigenvalue weighted by Gasteiger charge is -2.27. The Balaban J connectivity index is 1.33. The summed E-state index contributed by atoms with van der Waals surface area (Å²) in [5.74, 6) is 0.660. The first kappa shape index (κ1) is 20.4. The monoisotopic (exact) mass is 412 g/mol. The van der Waals surface area contributed by atoms with Crippen LogP contribution in [-0.4, -0.2) is 43.2 Å². The van der Waals surface area contributed by atoms with E-state index in [0.29, 0.717) is 38.3 Å². The van der Waals surface area contributed by atoms with E-state index in [1.165, 1.54) is 24.0 Å². The predicted octanol–water partition coefficient (Wildman–Crippen LogP) is 4.80. The highest BCUT2D eigenvalue weighted by molar-refractivity contribution is 6.30. The van der Waals surface area contributed by atoms with Crippen molar-refractivity contribution in [3.05, 3.63) is 70.2 Å². The van der Waals surface area contributed by atoms with Crippen molar-refractivity contribution in [2.75, 3.05) is 26.3 Å². The van der Waals surface area contributed by atoms with Gasteiger partial charge in [0.15, 0.2) is 0 Å². The second-order valence-electron chi connectivity index (χ2n) is 8.18. The molecule has 154 valence electrons. The Morgan fingerprint density at radius 3 is 2.62 bits per heavy atom. The van der Waals surface area contributed by atoms with Crippen molar-refractivity contribution in [3.63, 3.8) is 0 Å². The third kappa shape index (κ3) is 5.00. The minimum atomic E-state index is 0.112. The molecule has 2 aromatic rings. The van der Waals surface area contributed by atoms with Gasteiger partial charge in [-0.05, 0) is 67.5 Å². The number of carbonyl (C=O) groups is 1. The maximum Gasteiger partial charge on any atom is 0.254 e. The van der Waals surface area contributed by atoms with Gasteiger partial charge in [-0.1, -0.05) is 35.9 Å². The van der Waals surface area contributed by atoms with E-state index in [2.05, 4.69) is 30.4 Å². The van der Waals surface area contributed by atoms with Gasteiger partial charge < -0.3 is 15.0 Å². The quantitative estimate of drug-likeness (QED) is 0.766. The van der Waals surface area contributed by atoms with E-state index in [0.717, 1.165) is 17.0 Å². The van der Waals surface area contributed by atoms with Crippen LogP contribution in [0, 0.1) is 0 Å². The Morgan fingerprint density at radius 1 is 1.14 bits per heavy atom. The lowest BCUT2D eigenvalue weighted by atomic mass is 9.96. The summed E-state index contributed by atoms with van der Waals surface area (Å²) in [5, 5.41) is 4.55. The number of hydrogen-bond donors (Lipinski definition) is 1. The van der Waals surface area contributed by atoms with Gasteiger partial charge in [0.2, 0.25) is 0 Å². The average Bonchev–Trinajstić information content (AvgIpc) is 3.22. The van der Waals surface area contributed by atoms with Crippen LogP contribution in [0.4, 0.5) is 0 Å². The fourth-order valence-corrected chi connectivity index (χ4v) is 4.71. The Hall–Kier alpha value is -1.88. The molecule has 2 fully saturated rings. The molecule has 1 aliphatic carbocycles. The molecule has 1 N–H and O–H groups in total. The van der Waals surface area contributed by atoms with Crippen molar-refractivity contribution in [3.8, 4) is 0 Å². The topological polar surface area (TPSA) is 41.6 Å². The summed E-state index contributed by atoms with van der Waals surface area (Å²) in [6.07, 6.45) is 3.47. The number of morpholine rings is 1. The second-order valence-corrected chi connectivity index (χ2v) is 8.61. The number of rotatable bonds is 5. The molecule has 0 spiro atoms. The molecule has 1 saturated heterocycles. The first-order chi connectivity index (χ1) is 14.1. The van der Waals surface area contributed by atoms with Gasteiger partial charge in [0.1, 0.15) is 0 Å². The number of ether oxygens (including phenoxy) is 1. The van der Waals surface area contributed by atoms with Crippen LogP contribution in [0.2, 0.25) is 5.02 Å². The number of benzene rings is 2. The van der Waals surface area contributed by atoms with Gasteiger partial charge in [0, 0.05) is 35.8 Å². The highest BCUT2D eigenvalue weighted by Crippen LogP contribution is 2.35. The number of hydrogen-bond acceptors (Lipinski definition) is 3. The van der Waals surface area contributed by atoms with E-state index in [9.17, 15) is 4.79 Å². The molecule has 2 unspecified atom stereocenters. The van der Waals surface area contributed by atoms with Crippen molar-refractivity contribution < 1.29 is 9.53 Å². The molecule has 1 amide bonds. The number of nitrogens with zero attached hydrogens (tertiary/aromatic N) is 1. The Bertz CT molecular complexity index is 833. The SMILES string of the molecule is CC(NC1CC[C@H](c2ccc(C(=O)N3CCOCC3)cc2)C1)c1cccc(Cl)c1. The molecule has 1 heterocycles. The molecule has 1 saturated carbocycles. The maximum atomic E-state index is 12.6. The molecular weight excluding hydrogens is 384 g/mol. The lowest BCUT2D eigenvalue weighted by molar-refractivity contribution is 0.0303. The fraction of sp³-hybridized carbons (Fsp3) is 0.458. The van der Waals surface area contributed by atoms with Crippen LogP contribution in [0.5, 0.6) is 0 Å². The molecule has 3 atom stereocenters. The summed E-state index contributed by atoms with van der Waals surface area (Å²) < 4.78 is 5.34. The summed E-state index contributed by atoms with van der Waals surface area (Å²) in [6.45, 7) is 4.83. The number of halogens is 1. The Labute approximate surface area is 178 Å². The number of carbonyl (C=O) groups excluding carboxylic acids is 1. The van der Waals surface area contributed by atoms with E-state index in [1.807, 2.05) is 35.2 Å². The van der Waals surface area contributed by atoms with E-state index in [4.69, 9.17) is 16.3 Å². The van der Waals surface area contributed by atoms with E-state index >= 15 is 0 Å². The fourth-order valence-electron chi connectivity index (χ4n) is 4.51. The summed E-state index contributed by atoms with van der Waals surface area (Å²) in [5.41, 5.74) is 3.34. The average molecular weight is 413 g/mol. The largest absolute Gasteiger partial charge is 0.378 e. The molecule has 5 heteroatoms. The van der Waals surface area contributed by atoms with E-state index in [-0.39, 0.29) is 11.9 Å². The van der Waals surface area contributed by atoms with Crippen molar-refractivity contribution >= 4 is 17.5 Å². The van der Waals surface area contributed by atoms with Crippen molar-refractivity contribution in [1.29, 1.82) is 0 Å². The summed E-state index contributed by atoms with van der Waals surface area (Å²) >= 11 is 6.13. The van der Waals surface area contributed by atoms with Gasteiger partial charge in [-0.3, -0.25) is 4.79 Å². The molecule has 4 rings (SSSR count). The third-order valence-corrected chi connectivity index (χ3v) is 6.43. The zero-order valence-corrected chi connectivity index (χ0v) is 17.7. The molecule has 0 aromatic heterocycles. The standard InChI is InChI=1S/C24H29ClN2O2/c1-17(20-3-2-4-22(25)15-20)26-23-10-9-21(16-23)18-5-7-19(8-6-18)24(28)27-11-13-29-14-12-27/h2-8,15,17,21,23,26H,9-14,16H2,1H3/t17?,21-,23?/m0/s1. The van der Waals surface area contributed by atoms with Crippen LogP contribution >= 0.6 is 11.6 Å². The van der Waals surface area contributed by atoms with E-state index < -0.39 is 0 Å². The molecule has 1 aliphatic heterocycles. The third-order valence-electron chi connectivity index (χ3n) is 6.19. The van der Waals surface area contributed by atoms with Gasteiger partial charge in [-0.15, -0.1) is 0 Å². The van der Waals surface area contributed by atoms with Gasteiger partial charge >= 0.3 is 0 Å². The van der Waals surface area contributed by atoms with E-state index in [1.54, 1.807) is 0 Å². The summed E-state index contributed by atoms with van der Waals surface area (Å²) in [7, 11) is 0. The Kier molecular flexibility index (Phi) is 6.53. The molecule has 2 aliphatic rings. The van der Waals surface area contributed by atoms with Crippen LogP contribution in [0.25, 0.3) is 0 Å². The highest BCUT2D eigenvalue weighted by atomic mass is 35.5. The first-order valence-corrected chi connectivity index (χ1v) is 11.0. The summed E-state index contributed by atoms with van der Waals surface area (Å²) in [4.78, 5) is 14.5. The molecule has 0 bridgehead atoms. The van der Waals surface area contributed by atoms with Crippen LogP contribution in [-0.2, 0) is 4.74 Å². The molecule has 4 nitrogen and oxygen atoms in total. The van der Waals surface area contributed by atoms with Gasteiger partial charge in [-0.2, -0.15) is 0 Å². The maximum absolute atomic E-state index is 12.6. The van der Waals surface area contributed by atoms with Crippen LogP contribution in [0.3, 0.4) is 0 Å². The predicted molar refractivity (Wildman–Crippen MR) is 117 cm³/mol. The molecule has 2 aromatic carbocycles. The zero-order valence-electron chi connectivity index (χ0n) is 16.9. The second kappa shape index (κ2) is 9.29. The molecule has 29 heavy (non-hydrogen) atoms. The van der Waals surface area contributed by atoms with Crippen LogP contribution in [0.15, 0.2) is 48.5 Å². The molecular formula is C24H29ClN2O2. The Morgan fingerprint density at radius 2 is 1.90 bits per heavy atom. The normalized spacial score (nSPS) is 23.2. The lowest BCUT2D eigenvalue weighted by Crippen LogP contribution is -2.40. The summed E-state index contributed by atoms with van der Waals surface area (Å²) in [6, 6.07) is 17.1. The van der Waals surface area contributed by atoms with Crippen LogP contribution in [0.1, 0.15) is 59.6 Å². The van der Waals surface area contributed by atoms with Gasteiger partial charge in [0.05, 0.1) is 13.2 Å². The van der Waals surface area contributed by atoms with Gasteiger partial charge in [-0.25, -0.2) is 0 Å². The number of nitrogens with one attached hydrogen (secondary N) is 1. The molecule has 0 radical (unpaired) electrons. The minimum absolute atomic E-state index is 0.112. The van der Waals surface area contributed by atoms with Gasteiger partial charge in [0.25, 0.3) is 5.91 Å². The smallest absolute Gasteiger partial charge is 0.254 e. The van der Waals surface area contributed by atoms with Crippen molar-refractivity contribution in [2.45, 2.75) is 44.2 Å².